The minimum Gasteiger partial charge on any atom is -1.00 e. The Balaban J connectivity index is 0.000000980. The smallest absolute Gasteiger partial charge is 1.00 e. The Hall–Kier alpha value is -0.840. The summed E-state index contributed by atoms with van der Waals surface area (Å²) in [4.78, 5) is 14.7. The van der Waals surface area contributed by atoms with Crippen LogP contribution in [0.5, 0.6) is 0 Å². The van der Waals surface area contributed by atoms with E-state index in [4.69, 9.17) is 10.5 Å². The molecule has 5 heteroatoms. The molecule has 1 aromatic rings. The summed E-state index contributed by atoms with van der Waals surface area (Å²) in [6, 6.07) is 9.08. The first-order valence-corrected chi connectivity index (χ1v) is 3.87. The van der Waals surface area contributed by atoms with Gasteiger partial charge in [0.15, 0.2) is 0 Å². The topological polar surface area (TPSA) is 64.7 Å². The molecule has 1 aliphatic rings. The number of rotatable bonds is 1. The van der Waals surface area contributed by atoms with Gasteiger partial charge in [-0.3, -0.25) is 4.79 Å². The molecule has 0 saturated heterocycles. The van der Waals surface area contributed by atoms with E-state index in [0.717, 1.165) is 5.56 Å². The molecule has 1 heterocycles. The maximum Gasteiger partial charge on any atom is 1.00 e. The van der Waals surface area contributed by atoms with Crippen LogP contribution in [0.1, 0.15) is 13.1 Å². The third-order valence-corrected chi connectivity index (χ3v) is 1.79. The number of amidine groups is 1. The number of hydrogen-bond acceptors (Lipinski definition) is 3. The Morgan fingerprint density at radius 3 is 2.50 bits per heavy atom. The average molecular weight is 200 g/mol. The number of amides is 1. The summed E-state index contributed by atoms with van der Waals surface area (Å²) in [5.74, 6) is -0.344. The molecule has 1 unspecified atom stereocenters. The molecule has 14 heavy (non-hydrogen) atoms. The summed E-state index contributed by atoms with van der Waals surface area (Å²) in [6.07, 6.45) is -0.652. The van der Waals surface area contributed by atoms with Crippen molar-refractivity contribution in [2.24, 2.45) is 10.7 Å². The van der Waals surface area contributed by atoms with Crippen molar-refractivity contribution >= 4 is 11.9 Å². The van der Waals surface area contributed by atoms with Gasteiger partial charge in [0.1, 0.15) is 0 Å². The SMILES string of the molecule is NC1=NC(=O)C(c2ccccc2)O1.[H-].[Na+]. The molecule has 0 radical (unpaired) electrons. The van der Waals surface area contributed by atoms with Crippen LogP contribution in [0.4, 0.5) is 0 Å². The predicted molar refractivity (Wildman–Crippen MR) is 48.0 cm³/mol. The zero-order valence-electron chi connectivity index (χ0n) is 8.81. The van der Waals surface area contributed by atoms with Gasteiger partial charge < -0.3 is 11.9 Å². The standard InChI is InChI=1S/C9H8N2O2.Na.H/c10-9-11-8(12)7(13-9)6-4-2-1-3-5-6;;/h1-5,7H,(H2,10,11,12);;/q;+1;-1. The fraction of sp³-hybridized carbons (Fsp3) is 0.111. The van der Waals surface area contributed by atoms with Crippen molar-refractivity contribution in [1.82, 2.24) is 0 Å². The second kappa shape index (κ2) is 4.59. The summed E-state index contributed by atoms with van der Waals surface area (Å²) < 4.78 is 5.04. The van der Waals surface area contributed by atoms with Crippen molar-refractivity contribution in [2.75, 3.05) is 0 Å². The second-order valence-corrected chi connectivity index (χ2v) is 2.70. The van der Waals surface area contributed by atoms with E-state index in [1.54, 1.807) is 12.1 Å². The van der Waals surface area contributed by atoms with Gasteiger partial charge in [0.2, 0.25) is 6.10 Å². The van der Waals surface area contributed by atoms with Gasteiger partial charge in [-0.25, -0.2) is 0 Å². The number of ether oxygens (including phenoxy) is 1. The summed E-state index contributed by atoms with van der Waals surface area (Å²) in [7, 11) is 0. The van der Waals surface area contributed by atoms with Crippen molar-refractivity contribution in [3.05, 3.63) is 35.9 Å². The van der Waals surface area contributed by atoms with Gasteiger partial charge in [0.05, 0.1) is 0 Å². The Labute approximate surface area is 105 Å². The Morgan fingerprint density at radius 2 is 2.00 bits per heavy atom. The van der Waals surface area contributed by atoms with E-state index in [1.807, 2.05) is 18.2 Å². The van der Waals surface area contributed by atoms with E-state index in [2.05, 4.69) is 4.99 Å². The number of carbonyl (C=O) groups is 1. The first-order valence-electron chi connectivity index (χ1n) is 3.87. The van der Waals surface area contributed by atoms with E-state index in [1.165, 1.54) is 0 Å². The molecule has 0 aliphatic carbocycles. The Morgan fingerprint density at radius 1 is 1.36 bits per heavy atom. The second-order valence-electron chi connectivity index (χ2n) is 2.70. The van der Waals surface area contributed by atoms with Crippen LogP contribution >= 0.6 is 0 Å². The van der Waals surface area contributed by atoms with E-state index in [9.17, 15) is 4.79 Å². The molecule has 0 fully saturated rings. The van der Waals surface area contributed by atoms with E-state index in [0.29, 0.717) is 0 Å². The van der Waals surface area contributed by atoms with E-state index >= 15 is 0 Å². The summed E-state index contributed by atoms with van der Waals surface area (Å²) in [5, 5.41) is 0. The normalized spacial score (nSPS) is 19.6. The quantitative estimate of drug-likeness (QED) is 0.519. The minimum atomic E-state index is -0.652. The average Bonchev–Trinajstić information content (AvgIpc) is 2.47. The van der Waals surface area contributed by atoms with Gasteiger partial charge in [-0.05, 0) is 0 Å². The molecule has 1 amide bonds. The van der Waals surface area contributed by atoms with Crippen LogP contribution in [-0.4, -0.2) is 11.9 Å². The van der Waals surface area contributed by atoms with Crippen molar-refractivity contribution in [1.29, 1.82) is 0 Å². The predicted octanol–water partition coefficient (Wildman–Crippen LogP) is -2.28. The van der Waals surface area contributed by atoms with Crippen LogP contribution in [0.25, 0.3) is 0 Å². The van der Waals surface area contributed by atoms with Gasteiger partial charge in [-0.15, -0.1) is 0 Å². The van der Waals surface area contributed by atoms with Crippen LogP contribution in [0.15, 0.2) is 35.3 Å². The molecule has 0 spiro atoms. The number of aliphatic imine (C=N–C) groups is 1. The zero-order chi connectivity index (χ0) is 9.26. The van der Waals surface area contributed by atoms with Gasteiger partial charge in [-0.1, -0.05) is 30.3 Å². The van der Waals surface area contributed by atoms with Crippen molar-refractivity contribution in [2.45, 2.75) is 6.10 Å². The molecule has 68 valence electrons. The monoisotopic (exact) mass is 200 g/mol. The van der Waals surface area contributed by atoms with Crippen molar-refractivity contribution in [3.63, 3.8) is 0 Å². The maximum absolute atomic E-state index is 11.2. The minimum absolute atomic E-state index is 0. The molecule has 2 rings (SSSR count). The van der Waals surface area contributed by atoms with E-state index in [-0.39, 0.29) is 42.9 Å². The number of benzene rings is 1. The summed E-state index contributed by atoms with van der Waals surface area (Å²) in [5.41, 5.74) is 6.03. The van der Waals surface area contributed by atoms with E-state index < -0.39 is 6.10 Å². The van der Waals surface area contributed by atoms with Gasteiger partial charge in [0, 0.05) is 5.56 Å². The number of nitrogens with two attached hydrogens (primary N) is 1. The molecule has 4 nitrogen and oxygen atoms in total. The van der Waals surface area contributed by atoms with Crippen molar-refractivity contribution in [3.8, 4) is 0 Å². The van der Waals surface area contributed by atoms with Crippen LogP contribution in [0, 0.1) is 0 Å². The van der Waals surface area contributed by atoms with Gasteiger partial charge in [-0.2, -0.15) is 4.99 Å². The van der Waals surface area contributed by atoms with Crippen LogP contribution in [0.3, 0.4) is 0 Å². The third kappa shape index (κ3) is 2.15. The van der Waals surface area contributed by atoms with Crippen LogP contribution in [-0.2, 0) is 9.53 Å². The van der Waals surface area contributed by atoms with Crippen LogP contribution in [0.2, 0.25) is 0 Å². The molecule has 2 N–H and O–H groups in total. The molecule has 0 bridgehead atoms. The molecule has 1 atom stereocenters. The first kappa shape index (κ1) is 11.2. The van der Waals surface area contributed by atoms with Gasteiger partial charge in [0.25, 0.3) is 11.9 Å². The Kier molecular flexibility index (Phi) is 3.69. The Bertz CT molecular complexity index is 370. The third-order valence-electron chi connectivity index (χ3n) is 1.79. The van der Waals surface area contributed by atoms with Crippen molar-refractivity contribution < 1.29 is 40.5 Å². The number of carbonyl (C=O) groups excluding carboxylic acids is 1. The van der Waals surface area contributed by atoms with Crippen LogP contribution < -0.4 is 35.3 Å². The molecule has 1 aromatic carbocycles. The summed E-state index contributed by atoms with van der Waals surface area (Å²) in [6.45, 7) is 0. The molecule has 0 aromatic heterocycles. The van der Waals surface area contributed by atoms with Gasteiger partial charge >= 0.3 is 29.6 Å². The molecule has 1 aliphatic heterocycles. The number of nitrogens with zero attached hydrogens (tertiary/aromatic N) is 1. The molecular formula is C9H9N2NaO2. The fourth-order valence-corrected chi connectivity index (χ4v) is 1.20. The molecule has 0 saturated carbocycles. The largest absolute Gasteiger partial charge is 1.00 e. The fourth-order valence-electron chi connectivity index (χ4n) is 1.20. The number of hydrogen-bond donors (Lipinski definition) is 1. The molecular weight excluding hydrogens is 191 g/mol. The first-order chi connectivity index (χ1) is 6.27. The zero-order valence-corrected chi connectivity index (χ0v) is 9.81. The maximum atomic E-state index is 11.2. The summed E-state index contributed by atoms with van der Waals surface area (Å²) >= 11 is 0.